The Balaban J connectivity index is 1.90. The molecule has 5 heteroatoms. The summed E-state index contributed by atoms with van der Waals surface area (Å²) in [5.74, 6) is -0.0299. The summed E-state index contributed by atoms with van der Waals surface area (Å²) in [7, 11) is 1.94. The van der Waals surface area contributed by atoms with E-state index in [0.717, 1.165) is 17.8 Å². The van der Waals surface area contributed by atoms with Crippen LogP contribution in [0.4, 0.5) is 11.4 Å². The zero-order valence-corrected chi connectivity index (χ0v) is 12.5. The molecule has 3 N–H and O–H groups in total. The third-order valence-electron chi connectivity index (χ3n) is 2.96. The minimum atomic E-state index is -0.0299. The fraction of sp³-hybridized carbons (Fsp3) is 0.267. The van der Waals surface area contributed by atoms with Crippen molar-refractivity contribution in [3.63, 3.8) is 0 Å². The predicted octanol–water partition coefficient (Wildman–Crippen LogP) is 2.71. The monoisotopic (exact) mass is 289 g/mol. The number of nitrogens with two attached hydrogens (primary N) is 1. The first-order valence-electron chi connectivity index (χ1n) is 6.41. The molecule has 0 bridgehead atoms. The van der Waals surface area contributed by atoms with Gasteiger partial charge in [0, 0.05) is 22.8 Å². The second kappa shape index (κ2) is 6.54. The second-order valence-electron chi connectivity index (χ2n) is 4.87. The van der Waals surface area contributed by atoms with E-state index in [4.69, 9.17) is 5.73 Å². The van der Waals surface area contributed by atoms with Crippen LogP contribution >= 0.6 is 11.3 Å². The number of rotatable bonds is 5. The normalized spacial score (nSPS) is 10.8. The molecule has 106 valence electrons. The van der Waals surface area contributed by atoms with Crippen LogP contribution in [0.5, 0.6) is 0 Å². The zero-order valence-electron chi connectivity index (χ0n) is 11.7. The van der Waals surface area contributed by atoms with Crippen LogP contribution in [-0.2, 0) is 11.3 Å². The van der Waals surface area contributed by atoms with Crippen LogP contribution in [0.2, 0.25) is 0 Å². The van der Waals surface area contributed by atoms with Crippen molar-refractivity contribution in [2.75, 3.05) is 24.6 Å². The molecular formula is C15H19N3OS. The Kier molecular flexibility index (Phi) is 4.76. The Bertz CT molecular complexity index is 581. The first-order chi connectivity index (χ1) is 9.54. The molecule has 2 rings (SSSR count). The highest BCUT2D eigenvalue weighted by atomic mass is 32.1. The molecule has 0 saturated heterocycles. The average molecular weight is 289 g/mol. The summed E-state index contributed by atoms with van der Waals surface area (Å²) in [5, 5.41) is 4.95. The number of nitrogens with one attached hydrogen (secondary N) is 1. The third-order valence-corrected chi connectivity index (χ3v) is 3.82. The van der Waals surface area contributed by atoms with E-state index < -0.39 is 0 Å². The fourth-order valence-corrected chi connectivity index (χ4v) is 2.72. The molecule has 20 heavy (non-hydrogen) atoms. The molecule has 0 atom stereocenters. The van der Waals surface area contributed by atoms with Gasteiger partial charge in [-0.05, 0) is 43.1 Å². The maximum atomic E-state index is 12.0. The van der Waals surface area contributed by atoms with Gasteiger partial charge >= 0.3 is 0 Å². The van der Waals surface area contributed by atoms with Gasteiger partial charge in [-0.2, -0.15) is 0 Å². The van der Waals surface area contributed by atoms with Gasteiger partial charge < -0.3 is 11.1 Å². The molecule has 0 spiro atoms. The summed E-state index contributed by atoms with van der Waals surface area (Å²) in [6.45, 7) is 3.08. The van der Waals surface area contributed by atoms with Gasteiger partial charge in [0.05, 0.1) is 6.54 Å². The lowest BCUT2D eigenvalue weighted by molar-refractivity contribution is -0.117. The molecule has 0 unspecified atom stereocenters. The Morgan fingerprint density at radius 2 is 2.20 bits per heavy atom. The van der Waals surface area contributed by atoms with Crippen LogP contribution in [0.3, 0.4) is 0 Å². The lowest BCUT2D eigenvalue weighted by Gasteiger charge is -2.16. The van der Waals surface area contributed by atoms with Gasteiger partial charge in [-0.3, -0.25) is 9.69 Å². The number of carbonyl (C=O) groups is 1. The number of thiophene rings is 1. The van der Waals surface area contributed by atoms with Crippen LogP contribution < -0.4 is 11.1 Å². The minimum Gasteiger partial charge on any atom is -0.399 e. The van der Waals surface area contributed by atoms with Crippen LogP contribution in [0.25, 0.3) is 0 Å². The molecule has 1 aromatic heterocycles. The number of aryl methyl sites for hydroxylation is 1. The topological polar surface area (TPSA) is 58.4 Å². The summed E-state index contributed by atoms with van der Waals surface area (Å²) >= 11 is 1.70. The Hall–Kier alpha value is -1.85. The predicted molar refractivity (Wildman–Crippen MR) is 84.9 cm³/mol. The number of benzene rings is 1. The number of nitrogens with zero attached hydrogens (tertiary/aromatic N) is 1. The van der Waals surface area contributed by atoms with Crippen molar-refractivity contribution in [3.8, 4) is 0 Å². The highest BCUT2D eigenvalue weighted by Gasteiger charge is 2.09. The van der Waals surface area contributed by atoms with E-state index in [-0.39, 0.29) is 5.91 Å². The molecule has 0 saturated carbocycles. The molecular weight excluding hydrogens is 270 g/mol. The number of nitrogen functional groups attached to an aromatic ring is 1. The van der Waals surface area contributed by atoms with Crippen LogP contribution in [0.1, 0.15) is 10.4 Å². The maximum absolute atomic E-state index is 12.0. The summed E-state index contributed by atoms with van der Waals surface area (Å²) in [4.78, 5) is 15.3. The molecule has 0 radical (unpaired) electrons. The average Bonchev–Trinajstić information content (AvgIpc) is 2.86. The number of anilines is 2. The van der Waals surface area contributed by atoms with Crippen molar-refractivity contribution in [2.24, 2.45) is 0 Å². The van der Waals surface area contributed by atoms with E-state index >= 15 is 0 Å². The number of hydrogen-bond acceptors (Lipinski definition) is 4. The number of carbonyl (C=O) groups excluding carboxylic acids is 1. The molecule has 1 aromatic carbocycles. The number of amides is 1. The summed E-state index contributed by atoms with van der Waals surface area (Å²) in [6, 6.07) is 9.60. The van der Waals surface area contributed by atoms with E-state index in [2.05, 4.69) is 11.4 Å². The highest BCUT2D eigenvalue weighted by molar-refractivity contribution is 7.09. The molecule has 1 amide bonds. The van der Waals surface area contributed by atoms with E-state index in [1.54, 1.807) is 17.4 Å². The molecule has 0 aliphatic rings. The molecule has 0 fully saturated rings. The SMILES string of the molecule is Cc1ccc(N)cc1NC(=O)CN(C)Cc1cccs1. The van der Waals surface area contributed by atoms with Gasteiger partial charge in [0.1, 0.15) is 0 Å². The third kappa shape index (κ3) is 4.08. The largest absolute Gasteiger partial charge is 0.399 e. The van der Waals surface area contributed by atoms with Gasteiger partial charge in [0.2, 0.25) is 5.91 Å². The van der Waals surface area contributed by atoms with Crippen molar-refractivity contribution in [1.82, 2.24) is 4.90 Å². The van der Waals surface area contributed by atoms with E-state index in [9.17, 15) is 4.79 Å². The molecule has 1 heterocycles. The lowest BCUT2D eigenvalue weighted by atomic mass is 10.2. The fourth-order valence-electron chi connectivity index (χ4n) is 1.93. The van der Waals surface area contributed by atoms with E-state index in [0.29, 0.717) is 12.2 Å². The van der Waals surface area contributed by atoms with Crippen molar-refractivity contribution < 1.29 is 4.79 Å². The smallest absolute Gasteiger partial charge is 0.238 e. The van der Waals surface area contributed by atoms with E-state index in [1.807, 2.05) is 42.5 Å². The van der Waals surface area contributed by atoms with Gasteiger partial charge in [-0.1, -0.05) is 12.1 Å². The molecule has 2 aromatic rings. The van der Waals surface area contributed by atoms with Crippen LogP contribution in [0, 0.1) is 6.92 Å². The maximum Gasteiger partial charge on any atom is 0.238 e. The summed E-state index contributed by atoms with van der Waals surface area (Å²) in [6.07, 6.45) is 0. The van der Waals surface area contributed by atoms with Crippen molar-refractivity contribution in [2.45, 2.75) is 13.5 Å². The lowest BCUT2D eigenvalue weighted by Crippen LogP contribution is -2.29. The quantitative estimate of drug-likeness (QED) is 0.832. The first kappa shape index (κ1) is 14.6. The van der Waals surface area contributed by atoms with Gasteiger partial charge in [-0.15, -0.1) is 11.3 Å². The first-order valence-corrected chi connectivity index (χ1v) is 7.29. The van der Waals surface area contributed by atoms with Crippen LogP contribution in [-0.4, -0.2) is 24.4 Å². The zero-order chi connectivity index (χ0) is 14.5. The van der Waals surface area contributed by atoms with Crippen molar-refractivity contribution in [1.29, 1.82) is 0 Å². The molecule has 0 aliphatic heterocycles. The Labute approximate surface area is 123 Å². The summed E-state index contributed by atoms with van der Waals surface area (Å²) in [5.41, 5.74) is 8.17. The minimum absolute atomic E-state index is 0.0299. The van der Waals surface area contributed by atoms with Crippen molar-refractivity contribution in [3.05, 3.63) is 46.2 Å². The number of likely N-dealkylation sites (N-methyl/N-ethyl adjacent to an activating group) is 1. The molecule has 0 aliphatic carbocycles. The van der Waals surface area contributed by atoms with E-state index in [1.165, 1.54) is 4.88 Å². The van der Waals surface area contributed by atoms with Gasteiger partial charge in [-0.25, -0.2) is 0 Å². The van der Waals surface area contributed by atoms with Gasteiger partial charge in [0.15, 0.2) is 0 Å². The summed E-state index contributed by atoms with van der Waals surface area (Å²) < 4.78 is 0. The van der Waals surface area contributed by atoms with Gasteiger partial charge in [0.25, 0.3) is 0 Å². The Morgan fingerprint density at radius 1 is 1.40 bits per heavy atom. The molecule has 4 nitrogen and oxygen atoms in total. The highest BCUT2D eigenvalue weighted by Crippen LogP contribution is 2.18. The van der Waals surface area contributed by atoms with Crippen molar-refractivity contribution >= 4 is 28.6 Å². The van der Waals surface area contributed by atoms with Crippen LogP contribution in [0.15, 0.2) is 35.7 Å². The number of hydrogen-bond donors (Lipinski definition) is 2. The Morgan fingerprint density at radius 3 is 2.90 bits per heavy atom. The second-order valence-corrected chi connectivity index (χ2v) is 5.91. The standard InChI is InChI=1S/C15H19N3OS/c1-11-5-6-12(16)8-14(11)17-15(19)10-18(2)9-13-4-3-7-20-13/h3-8H,9-10,16H2,1-2H3,(H,17,19).